The second kappa shape index (κ2) is 12.5. The van der Waals surface area contributed by atoms with E-state index in [9.17, 15) is 5.11 Å². The quantitative estimate of drug-likeness (QED) is 0.258. The molecule has 4 heterocycles. The zero-order chi connectivity index (χ0) is 32.8. The Morgan fingerprint density at radius 2 is 1.34 bits per heavy atom. The molecular formula is C38H42N2O7. The van der Waals surface area contributed by atoms with Gasteiger partial charge in [0.15, 0.2) is 34.5 Å². The van der Waals surface area contributed by atoms with Gasteiger partial charge in [-0.2, -0.15) is 0 Å². The average Bonchev–Trinajstić information content (AvgIpc) is 3.08. The molecule has 0 unspecified atom stereocenters. The molecule has 0 amide bonds. The molecule has 1 N–H and O–H groups in total. The summed E-state index contributed by atoms with van der Waals surface area (Å²) >= 11 is 0. The van der Waals surface area contributed by atoms with E-state index in [-0.39, 0.29) is 23.6 Å². The number of hydrogen-bond acceptors (Lipinski definition) is 9. The van der Waals surface area contributed by atoms with E-state index in [2.05, 4.69) is 60.3 Å². The summed E-state index contributed by atoms with van der Waals surface area (Å²) in [6.45, 7) is 1.67. The van der Waals surface area contributed by atoms with Crippen molar-refractivity contribution in [2.75, 3.05) is 55.6 Å². The van der Waals surface area contributed by atoms with E-state index in [1.807, 2.05) is 18.2 Å². The number of benzene rings is 4. The van der Waals surface area contributed by atoms with Crippen molar-refractivity contribution in [2.24, 2.45) is 0 Å². The van der Waals surface area contributed by atoms with Crippen LogP contribution in [0.5, 0.6) is 51.7 Å². The van der Waals surface area contributed by atoms with Crippen LogP contribution in [0.15, 0.2) is 54.6 Å². The molecule has 0 spiro atoms. The lowest BCUT2D eigenvalue weighted by molar-refractivity contribution is 0.216. The highest BCUT2D eigenvalue weighted by atomic mass is 16.5. The Hall–Kier alpha value is -4.60. The second-order valence-electron chi connectivity index (χ2n) is 12.6. The monoisotopic (exact) mass is 638 g/mol. The van der Waals surface area contributed by atoms with E-state index in [0.29, 0.717) is 47.3 Å². The van der Waals surface area contributed by atoms with Gasteiger partial charge >= 0.3 is 0 Å². The van der Waals surface area contributed by atoms with Gasteiger partial charge in [-0.3, -0.25) is 9.80 Å². The van der Waals surface area contributed by atoms with Gasteiger partial charge in [-0.15, -0.1) is 0 Å². The third kappa shape index (κ3) is 5.47. The van der Waals surface area contributed by atoms with Gasteiger partial charge in [-0.1, -0.05) is 18.2 Å². The first-order valence-electron chi connectivity index (χ1n) is 16.1. The molecule has 4 aromatic carbocycles. The molecule has 0 aliphatic carbocycles. The summed E-state index contributed by atoms with van der Waals surface area (Å²) in [6.07, 6.45) is 2.95. The van der Waals surface area contributed by atoms with Crippen LogP contribution in [-0.2, 0) is 25.7 Å². The fourth-order valence-electron chi connectivity index (χ4n) is 7.38. The molecule has 9 nitrogen and oxygen atoms in total. The van der Waals surface area contributed by atoms with Crippen LogP contribution >= 0.6 is 0 Å². The average molecular weight is 639 g/mol. The van der Waals surface area contributed by atoms with Gasteiger partial charge in [0, 0.05) is 36.3 Å². The van der Waals surface area contributed by atoms with Gasteiger partial charge in [0.05, 0.1) is 28.4 Å². The summed E-state index contributed by atoms with van der Waals surface area (Å²) in [5.74, 6) is 4.53. The lowest BCUT2D eigenvalue weighted by Gasteiger charge is -2.37. The van der Waals surface area contributed by atoms with Crippen molar-refractivity contribution in [3.63, 3.8) is 0 Å². The fraction of sp³-hybridized carbons (Fsp3) is 0.368. The van der Waals surface area contributed by atoms with Gasteiger partial charge < -0.3 is 33.5 Å². The SMILES string of the molecule is COc1ccc2cc1Oc1ccc(cc1)C[C@H]1c3c(c(O)c(OC)c(OC)c3Oc3cc4c(cc3OC)CCN(C)[C@H]4C2)CCN1C. The Labute approximate surface area is 276 Å². The van der Waals surface area contributed by atoms with Crippen LogP contribution < -0.4 is 28.4 Å². The third-order valence-electron chi connectivity index (χ3n) is 9.97. The molecule has 246 valence electrons. The highest BCUT2D eigenvalue weighted by Gasteiger charge is 2.37. The molecule has 2 atom stereocenters. The maximum absolute atomic E-state index is 11.5. The summed E-state index contributed by atoms with van der Waals surface area (Å²) in [5.41, 5.74) is 6.33. The van der Waals surface area contributed by atoms with Crippen LogP contribution in [0.1, 0.15) is 45.5 Å². The number of hydrogen-bond donors (Lipinski definition) is 1. The van der Waals surface area contributed by atoms with Crippen molar-refractivity contribution in [3.8, 4) is 51.7 Å². The zero-order valence-electron chi connectivity index (χ0n) is 27.9. The standard InChI is InChI=1S/C38H42N2O7/c1-39-15-13-24-20-31(43-4)33-21-27(24)28(39)18-23-9-12-30(42-3)32(19-23)46-25-10-7-22(8-11-25)17-29-34-26(14-16-40(29)2)35(41)37(44-5)38(45-6)36(34)47-33/h7-12,19-21,28-29,41H,13-18H2,1-6H3/t28-,29-/m0/s1. The highest BCUT2D eigenvalue weighted by Crippen LogP contribution is 2.56. The van der Waals surface area contributed by atoms with Crippen LogP contribution in [0.4, 0.5) is 0 Å². The number of methoxy groups -OCH3 is 4. The molecule has 6 bridgehead atoms. The number of likely N-dealkylation sites (N-methyl/N-ethyl adjacent to an activating group) is 2. The molecule has 0 saturated heterocycles. The number of aromatic hydroxyl groups is 1. The minimum atomic E-state index is -0.121. The minimum Gasteiger partial charge on any atom is -0.504 e. The molecule has 0 radical (unpaired) electrons. The number of rotatable bonds is 4. The smallest absolute Gasteiger partial charge is 0.208 e. The van der Waals surface area contributed by atoms with Gasteiger partial charge in [-0.05, 0) is 98.4 Å². The van der Waals surface area contributed by atoms with Crippen molar-refractivity contribution in [3.05, 3.63) is 88.0 Å². The molecule has 0 fully saturated rings. The van der Waals surface area contributed by atoms with Gasteiger partial charge in [-0.25, -0.2) is 0 Å². The maximum atomic E-state index is 11.5. The summed E-state index contributed by atoms with van der Waals surface area (Å²) in [7, 11) is 10.7. The van der Waals surface area contributed by atoms with Crippen LogP contribution in [0.2, 0.25) is 0 Å². The van der Waals surface area contributed by atoms with E-state index in [1.165, 1.54) is 11.1 Å². The lowest BCUT2D eigenvalue weighted by atomic mass is 9.86. The number of phenolic OH excluding ortho intramolecular Hbond substituents is 1. The summed E-state index contributed by atoms with van der Waals surface area (Å²) < 4.78 is 36.7. The number of phenols is 1. The zero-order valence-corrected chi connectivity index (χ0v) is 27.9. The van der Waals surface area contributed by atoms with Gasteiger partial charge in [0.25, 0.3) is 0 Å². The molecule has 9 heteroatoms. The molecule has 4 aromatic rings. The van der Waals surface area contributed by atoms with Crippen molar-refractivity contribution in [1.29, 1.82) is 0 Å². The molecule has 47 heavy (non-hydrogen) atoms. The van der Waals surface area contributed by atoms with Crippen LogP contribution in [-0.4, -0.2) is 70.5 Å². The largest absolute Gasteiger partial charge is 0.504 e. The Morgan fingerprint density at radius 3 is 2.06 bits per heavy atom. The predicted octanol–water partition coefficient (Wildman–Crippen LogP) is 6.87. The summed E-state index contributed by atoms with van der Waals surface area (Å²) in [6, 6.07) is 18.5. The number of nitrogens with zero attached hydrogens (tertiary/aromatic N) is 2. The normalized spacial score (nSPS) is 19.0. The molecule has 8 rings (SSSR count). The van der Waals surface area contributed by atoms with E-state index in [1.54, 1.807) is 28.4 Å². The van der Waals surface area contributed by atoms with E-state index in [0.717, 1.165) is 53.9 Å². The molecule has 4 aliphatic heterocycles. The van der Waals surface area contributed by atoms with Gasteiger partial charge in [0.1, 0.15) is 5.75 Å². The van der Waals surface area contributed by atoms with E-state index >= 15 is 0 Å². The lowest BCUT2D eigenvalue weighted by Crippen LogP contribution is -2.34. The first-order chi connectivity index (χ1) is 22.8. The van der Waals surface area contributed by atoms with E-state index in [4.69, 9.17) is 28.4 Å². The highest BCUT2D eigenvalue weighted by molar-refractivity contribution is 5.69. The third-order valence-corrected chi connectivity index (χ3v) is 9.97. The van der Waals surface area contributed by atoms with E-state index < -0.39 is 0 Å². The maximum Gasteiger partial charge on any atom is 0.208 e. The molecular weight excluding hydrogens is 596 g/mol. The van der Waals surface area contributed by atoms with Crippen LogP contribution in [0.3, 0.4) is 0 Å². The molecule has 0 aromatic heterocycles. The Morgan fingerprint density at radius 1 is 0.681 bits per heavy atom. The van der Waals surface area contributed by atoms with Crippen molar-refractivity contribution in [2.45, 2.75) is 37.8 Å². The Balaban J connectivity index is 1.48. The minimum absolute atomic E-state index is 0.0791. The Bertz CT molecular complexity index is 1810. The molecule has 4 aliphatic rings. The topological polar surface area (TPSA) is 82.1 Å². The van der Waals surface area contributed by atoms with Crippen molar-refractivity contribution in [1.82, 2.24) is 9.80 Å². The Kier molecular flexibility index (Phi) is 8.28. The fourth-order valence-corrected chi connectivity index (χ4v) is 7.38. The predicted molar refractivity (Wildman–Crippen MR) is 179 cm³/mol. The van der Waals surface area contributed by atoms with Crippen molar-refractivity contribution < 1.29 is 33.5 Å². The number of ether oxygens (including phenoxy) is 6. The molecule has 0 saturated carbocycles. The van der Waals surface area contributed by atoms with Crippen LogP contribution in [0.25, 0.3) is 0 Å². The number of fused-ring (bicyclic) bond motifs is 2. The first kappa shape index (κ1) is 31.0. The van der Waals surface area contributed by atoms with Crippen LogP contribution in [0, 0.1) is 0 Å². The first-order valence-corrected chi connectivity index (χ1v) is 16.1. The van der Waals surface area contributed by atoms with Crippen molar-refractivity contribution >= 4 is 0 Å². The van der Waals surface area contributed by atoms with Gasteiger partial charge in [0.2, 0.25) is 11.5 Å². The summed E-state index contributed by atoms with van der Waals surface area (Å²) in [5, 5.41) is 11.5. The second-order valence-corrected chi connectivity index (χ2v) is 12.6. The summed E-state index contributed by atoms with van der Waals surface area (Å²) in [4.78, 5) is 4.69.